The number of esters is 1. The maximum absolute atomic E-state index is 12.8. The van der Waals surface area contributed by atoms with Crippen LogP contribution in [-0.2, 0) is 4.79 Å². The van der Waals surface area contributed by atoms with Gasteiger partial charge in [-0.1, -0.05) is 66.4 Å². The molecule has 0 saturated carbocycles. The third-order valence-corrected chi connectivity index (χ3v) is 6.53. The van der Waals surface area contributed by atoms with E-state index in [1.807, 2.05) is 42.5 Å². The van der Waals surface area contributed by atoms with Gasteiger partial charge in [-0.2, -0.15) is 0 Å². The standard InChI is InChI=1S/C23H14INO3S2/c24-19-9-5-4-8-18(19)22(27)28-17-12-10-15(11-13-17)14-20-21(26)25(23(29)30-20)16-6-2-1-3-7-16/h1-14H/b20-14+. The summed E-state index contributed by atoms with van der Waals surface area (Å²) in [6.45, 7) is 0. The molecule has 7 heteroatoms. The Morgan fingerprint density at radius 3 is 2.33 bits per heavy atom. The van der Waals surface area contributed by atoms with E-state index in [0.29, 0.717) is 20.5 Å². The lowest BCUT2D eigenvalue weighted by atomic mass is 10.2. The zero-order chi connectivity index (χ0) is 21.1. The number of carbonyl (C=O) groups excluding carboxylic acids is 2. The van der Waals surface area contributed by atoms with Gasteiger partial charge in [0.1, 0.15) is 5.75 Å². The lowest BCUT2D eigenvalue weighted by molar-refractivity contribution is -0.113. The summed E-state index contributed by atoms with van der Waals surface area (Å²) in [4.78, 5) is 27.2. The predicted octanol–water partition coefficient (Wildman–Crippen LogP) is 5.92. The Morgan fingerprint density at radius 2 is 1.63 bits per heavy atom. The summed E-state index contributed by atoms with van der Waals surface area (Å²) in [5.74, 6) is -0.115. The average Bonchev–Trinajstić information content (AvgIpc) is 3.03. The van der Waals surface area contributed by atoms with E-state index in [1.165, 1.54) is 16.7 Å². The number of carbonyl (C=O) groups is 2. The third-order valence-electron chi connectivity index (χ3n) is 4.29. The van der Waals surface area contributed by atoms with E-state index in [1.54, 1.807) is 42.5 Å². The Kier molecular flexibility index (Phi) is 6.31. The van der Waals surface area contributed by atoms with Crippen molar-refractivity contribution in [3.8, 4) is 5.75 Å². The maximum Gasteiger partial charge on any atom is 0.344 e. The van der Waals surface area contributed by atoms with Crippen molar-refractivity contribution >= 4 is 74.5 Å². The first kappa shape index (κ1) is 20.8. The second-order valence-electron chi connectivity index (χ2n) is 6.29. The number of thioether (sulfide) groups is 1. The molecule has 30 heavy (non-hydrogen) atoms. The Balaban J connectivity index is 1.49. The first-order chi connectivity index (χ1) is 14.5. The molecule has 0 bridgehead atoms. The van der Waals surface area contributed by atoms with Gasteiger partial charge < -0.3 is 4.74 Å². The SMILES string of the molecule is O=C(Oc1ccc(/C=C2/SC(=S)N(c3ccccc3)C2=O)cc1)c1ccccc1I. The van der Waals surface area contributed by atoms with Gasteiger partial charge in [-0.25, -0.2) is 4.79 Å². The van der Waals surface area contributed by atoms with Crippen LogP contribution in [0.15, 0.2) is 83.8 Å². The van der Waals surface area contributed by atoms with E-state index in [2.05, 4.69) is 22.6 Å². The zero-order valence-electron chi connectivity index (χ0n) is 15.4. The Hall–Kier alpha value is -2.49. The molecule has 148 valence electrons. The summed E-state index contributed by atoms with van der Waals surface area (Å²) in [5, 5.41) is 0. The molecule has 0 aromatic heterocycles. The molecule has 1 aliphatic heterocycles. The molecule has 0 spiro atoms. The van der Waals surface area contributed by atoms with E-state index in [4.69, 9.17) is 17.0 Å². The summed E-state index contributed by atoms with van der Waals surface area (Å²) < 4.78 is 6.78. The first-order valence-corrected chi connectivity index (χ1v) is 11.2. The molecule has 0 atom stereocenters. The van der Waals surface area contributed by atoms with Gasteiger partial charge in [0.15, 0.2) is 4.32 Å². The quantitative estimate of drug-likeness (QED) is 0.135. The van der Waals surface area contributed by atoms with Crippen molar-refractivity contribution in [1.29, 1.82) is 0 Å². The second-order valence-corrected chi connectivity index (χ2v) is 9.13. The highest BCUT2D eigenvalue weighted by molar-refractivity contribution is 14.1. The van der Waals surface area contributed by atoms with Crippen LogP contribution < -0.4 is 9.64 Å². The van der Waals surface area contributed by atoms with Crippen molar-refractivity contribution in [1.82, 2.24) is 0 Å². The van der Waals surface area contributed by atoms with Crippen molar-refractivity contribution in [2.75, 3.05) is 4.90 Å². The number of benzene rings is 3. The van der Waals surface area contributed by atoms with Gasteiger partial charge >= 0.3 is 5.97 Å². The average molecular weight is 543 g/mol. The number of hydrogen-bond acceptors (Lipinski definition) is 5. The number of anilines is 1. The highest BCUT2D eigenvalue weighted by Gasteiger charge is 2.33. The fourth-order valence-electron chi connectivity index (χ4n) is 2.84. The number of ether oxygens (including phenoxy) is 1. The second kappa shape index (κ2) is 9.11. The highest BCUT2D eigenvalue weighted by Crippen LogP contribution is 2.36. The van der Waals surface area contributed by atoms with Crippen LogP contribution in [0.25, 0.3) is 6.08 Å². The summed E-state index contributed by atoms with van der Waals surface area (Å²) in [7, 11) is 0. The van der Waals surface area contributed by atoms with Crippen molar-refractivity contribution in [2.45, 2.75) is 0 Å². The Labute approximate surface area is 197 Å². The van der Waals surface area contributed by atoms with Gasteiger partial charge in [0.05, 0.1) is 16.2 Å². The smallest absolute Gasteiger partial charge is 0.344 e. The topological polar surface area (TPSA) is 46.6 Å². The minimum atomic E-state index is -0.406. The van der Waals surface area contributed by atoms with E-state index < -0.39 is 5.97 Å². The highest BCUT2D eigenvalue weighted by atomic mass is 127. The van der Waals surface area contributed by atoms with E-state index in [0.717, 1.165) is 14.8 Å². The molecule has 4 rings (SSSR count). The molecule has 3 aromatic rings. The fourth-order valence-corrected chi connectivity index (χ4v) is 4.75. The van der Waals surface area contributed by atoms with Crippen LogP contribution in [0.3, 0.4) is 0 Å². The molecule has 0 aliphatic carbocycles. The zero-order valence-corrected chi connectivity index (χ0v) is 19.2. The van der Waals surface area contributed by atoms with Gasteiger partial charge in [-0.05, 0) is 70.6 Å². The molecule has 4 nitrogen and oxygen atoms in total. The van der Waals surface area contributed by atoms with Gasteiger partial charge in [0.2, 0.25) is 0 Å². The molecule has 3 aromatic carbocycles. The maximum atomic E-state index is 12.8. The van der Waals surface area contributed by atoms with Crippen LogP contribution in [0.1, 0.15) is 15.9 Å². The summed E-state index contributed by atoms with van der Waals surface area (Å²) in [6, 6.07) is 23.6. The van der Waals surface area contributed by atoms with E-state index in [9.17, 15) is 9.59 Å². The molecule has 0 N–H and O–H groups in total. The van der Waals surface area contributed by atoms with Gasteiger partial charge in [-0.15, -0.1) is 0 Å². The van der Waals surface area contributed by atoms with Crippen LogP contribution in [0.5, 0.6) is 5.75 Å². The van der Waals surface area contributed by atoms with Crippen LogP contribution >= 0.6 is 46.6 Å². The van der Waals surface area contributed by atoms with Gasteiger partial charge in [0.25, 0.3) is 5.91 Å². The van der Waals surface area contributed by atoms with Crippen molar-refractivity contribution in [3.05, 3.63) is 98.5 Å². The van der Waals surface area contributed by atoms with Crippen LogP contribution in [0, 0.1) is 3.57 Å². The van der Waals surface area contributed by atoms with Gasteiger partial charge in [-0.3, -0.25) is 9.69 Å². The van der Waals surface area contributed by atoms with Crippen molar-refractivity contribution < 1.29 is 14.3 Å². The Morgan fingerprint density at radius 1 is 0.967 bits per heavy atom. The monoisotopic (exact) mass is 543 g/mol. The predicted molar refractivity (Wildman–Crippen MR) is 133 cm³/mol. The fraction of sp³-hybridized carbons (Fsp3) is 0. The molecular formula is C23H14INO3S2. The number of rotatable bonds is 4. The number of nitrogens with zero attached hydrogens (tertiary/aromatic N) is 1. The van der Waals surface area contributed by atoms with Crippen LogP contribution in [0.2, 0.25) is 0 Å². The van der Waals surface area contributed by atoms with Crippen molar-refractivity contribution in [2.24, 2.45) is 0 Å². The number of hydrogen-bond donors (Lipinski definition) is 0. The van der Waals surface area contributed by atoms with E-state index in [-0.39, 0.29) is 5.91 Å². The molecule has 1 fully saturated rings. The molecule has 0 radical (unpaired) electrons. The third kappa shape index (κ3) is 4.48. The minimum Gasteiger partial charge on any atom is -0.423 e. The summed E-state index contributed by atoms with van der Waals surface area (Å²) in [6.07, 6.45) is 1.79. The minimum absolute atomic E-state index is 0.148. The Bertz CT molecular complexity index is 1160. The number of thiocarbonyl (C=S) groups is 1. The molecule has 1 aliphatic rings. The molecule has 0 unspecified atom stereocenters. The number of para-hydroxylation sites is 1. The lowest BCUT2D eigenvalue weighted by Gasteiger charge is -2.13. The molecular weight excluding hydrogens is 529 g/mol. The molecule has 1 heterocycles. The summed E-state index contributed by atoms with van der Waals surface area (Å²) in [5.41, 5.74) is 2.09. The number of halogens is 1. The van der Waals surface area contributed by atoms with Crippen LogP contribution in [0.4, 0.5) is 5.69 Å². The molecule has 1 amide bonds. The number of amides is 1. The first-order valence-electron chi connectivity index (χ1n) is 8.93. The summed E-state index contributed by atoms with van der Waals surface area (Å²) >= 11 is 8.76. The van der Waals surface area contributed by atoms with Gasteiger partial charge in [0, 0.05) is 3.57 Å². The van der Waals surface area contributed by atoms with Crippen LogP contribution in [-0.4, -0.2) is 16.2 Å². The van der Waals surface area contributed by atoms with Crippen molar-refractivity contribution in [3.63, 3.8) is 0 Å². The van der Waals surface area contributed by atoms with E-state index >= 15 is 0 Å². The largest absolute Gasteiger partial charge is 0.423 e. The lowest BCUT2D eigenvalue weighted by Crippen LogP contribution is -2.27. The molecule has 1 saturated heterocycles. The normalized spacial score (nSPS) is 15.0.